The standard InChI is InChI=1S/C39H50O26/c1-9-20(43)26(49)30(53)36(59-9)57-7-17-23(46)28(51)32(55)38(63-17)61-12-5-13(40)19-16(6-12)62-34(11-3-14(41)22(45)15(42)4-11)35(25(19)48)65-39-33(56)29(52)24(47)18(64-39)8-58-37-31(54)27(50)21(44)10(2)60-37/h3-6,9-10,17-18,20-21,23-24,26-33,36-47,49-56H,7-8H2,1-2H3. The molecular weight excluding hydrogens is 884 g/mol. The van der Waals surface area contributed by atoms with Crippen molar-refractivity contribution >= 4 is 11.0 Å². The van der Waals surface area contributed by atoms with E-state index in [1.807, 2.05) is 0 Å². The Bertz CT molecular complexity index is 2180. The summed E-state index contributed by atoms with van der Waals surface area (Å²) >= 11 is 0. The summed E-state index contributed by atoms with van der Waals surface area (Å²) in [7, 11) is 0. The van der Waals surface area contributed by atoms with Crippen LogP contribution in [0.5, 0.6) is 34.5 Å². The molecule has 0 spiro atoms. The third kappa shape index (κ3) is 9.37. The van der Waals surface area contributed by atoms with Crippen molar-refractivity contribution in [1.29, 1.82) is 0 Å². The molecule has 0 amide bonds. The summed E-state index contributed by atoms with van der Waals surface area (Å²) in [5.74, 6) is -5.81. The Morgan fingerprint density at radius 2 is 0.923 bits per heavy atom. The molecule has 4 aliphatic heterocycles. The number of hydrogen-bond acceptors (Lipinski definition) is 26. The molecule has 0 aliphatic carbocycles. The van der Waals surface area contributed by atoms with Crippen LogP contribution in [0.25, 0.3) is 22.3 Å². The van der Waals surface area contributed by atoms with E-state index in [2.05, 4.69) is 0 Å². The zero-order valence-corrected chi connectivity index (χ0v) is 34.0. The first-order valence-corrected chi connectivity index (χ1v) is 20.0. The van der Waals surface area contributed by atoms with Gasteiger partial charge in [-0.05, 0) is 26.0 Å². The molecule has 0 radical (unpaired) electrons. The molecule has 7 rings (SSSR count). The molecule has 0 bridgehead atoms. The van der Waals surface area contributed by atoms with Gasteiger partial charge < -0.3 is 124 Å². The maximum absolute atomic E-state index is 14.3. The smallest absolute Gasteiger partial charge is 0.239 e. The maximum Gasteiger partial charge on any atom is 0.239 e. The monoisotopic (exact) mass is 934 g/mol. The van der Waals surface area contributed by atoms with Crippen molar-refractivity contribution < 1.29 is 124 Å². The third-order valence-electron chi connectivity index (χ3n) is 11.5. The average molecular weight is 935 g/mol. The molecule has 16 N–H and O–H groups in total. The minimum absolute atomic E-state index is 0.392. The van der Waals surface area contributed by atoms with E-state index in [0.717, 1.165) is 24.3 Å². The van der Waals surface area contributed by atoms with Crippen molar-refractivity contribution in [3.05, 3.63) is 34.5 Å². The molecule has 3 aromatic rings. The summed E-state index contributed by atoms with van der Waals surface area (Å²) in [6, 6.07) is 3.42. The van der Waals surface area contributed by atoms with E-state index < -0.39 is 198 Å². The lowest BCUT2D eigenvalue weighted by molar-refractivity contribution is -0.318. The van der Waals surface area contributed by atoms with Crippen LogP contribution in [-0.2, 0) is 28.4 Å². The topological polar surface area (TPSA) is 428 Å². The molecule has 362 valence electrons. The fraction of sp³-hybridized carbons (Fsp3) is 0.615. The second-order valence-electron chi connectivity index (χ2n) is 16.1. The normalized spacial score (nSPS) is 40.2. The summed E-state index contributed by atoms with van der Waals surface area (Å²) in [5.41, 5.74) is -2.18. The summed E-state index contributed by atoms with van der Waals surface area (Å²) in [4.78, 5) is 14.3. The van der Waals surface area contributed by atoms with Crippen LogP contribution in [0.3, 0.4) is 0 Å². The minimum Gasteiger partial charge on any atom is -0.507 e. The lowest BCUT2D eigenvalue weighted by atomic mass is 9.98. The Kier molecular flexibility index (Phi) is 14.3. The highest BCUT2D eigenvalue weighted by molar-refractivity contribution is 5.88. The summed E-state index contributed by atoms with van der Waals surface area (Å²) in [5, 5.41) is 167. The van der Waals surface area contributed by atoms with Gasteiger partial charge in [0, 0.05) is 17.7 Å². The van der Waals surface area contributed by atoms with Gasteiger partial charge in [0.15, 0.2) is 35.6 Å². The number of hydrogen-bond donors (Lipinski definition) is 16. The number of phenolic OH excluding ortho intramolecular Hbond substituents is 4. The highest BCUT2D eigenvalue weighted by Crippen LogP contribution is 2.43. The van der Waals surface area contributed by atoms with Gasteiger partial charge in [-0.1, -0.05) is 0 Å². The Morgan fingerprint density at radius 1 is 0.492 bits per heavy atom. The number of benzene rings is 2. The van der Waals surface area contributed by atoms with Crippen LogP contribution < -0.4 is 14.9 Å². The van der Waals surface area contributed by atoms with Gasteiger partial charge in [-0.3, -0.25) is 4.79 Å². The van der Waals surface area contributed by atoms with Crippen molar-refractivity contribution in [2.24, 2.45) is 0 Å². The molecule has 26 nitrogen and oxygen atoms in total. The highest BCUT2D eigenvalue weighted by atomic mass is 16.7. The zero-order chi connectivity index (χ0) is 47.5. The van der Waals surface area contributed by atoms with Crippen LogP contribution in [0.4, 0.5) is 0 Å². The van der Waals surface area contributed by atoms with Crippen molar-refractivity contribution in [3.8, 4) is 45.8 Å². The van der Waals surface area contributed by atoms with Crippen molar-refractivity contribution in [2.75, 3.05) is 13.2 Å². The van der Waals surface area contributed by atoms with E-state index in [0.29, 0.717) is 0 Å². The fourth-order valence-corrected chi connectivity index (χ4v) is 7.59. The molecule has 4 fully saturated rings. The summed E-state index contributed by atoms with van der Waals surface area (Å²) in [6.45, 7) is 1.41. The van der Waals surface area contributed by atoms with Crippen LogP contribution in [0, 0.1) is 0 Å². The average Bonchev–Trinajstić information content (AvgIpc) is 3.26. The number of fused-ring (bicyclic) bond motifs is 1. The molecule has 20 unspecified atom stereocenters. The van der Waals surface area contributed by atoms with Crippen molar-refractivity contribution in [3.63, 3.8) is 0 Å². The minimum atomic E-state index is -2.14. The van der Waals surface area contributed by atoms with Gasteiger partial charge in [-0.15, -0.1) is 0 Å². The zero-order valence-electron chi connectivity index (χ0n) is 34.0. The molecule has 1 aromatic heterocycles. The summed E-state index contributed by atoms with van der Waals surface area (Å²) in [6.07, 6.45) is -33.9. The second-order valence-corrected chi connectivity index (χ2v) is 16.1. The highest BCUT2D eigenvalue weighted by Gasteiger charge is 2.50. The van der Waals surface area contributed by atoms with E-state index in [9.17, 15) is 86.5 Å². The van der Waals surface area contributed by atoms with Gasteiger partial charge in [-0.2, -0.15) is 0 Å². The molecule has 2 aromatic carbocycles. The maximum atomic E-state index is 14.3. The van der Waals surface area contributed by atoms with Crippen LogP contribution >= 0.6 is 0 Å². The number of aliphatic hydroxyl groups excluding tert-OH is 12. The molecule has 4 aliphatic rings. The van der Waals surface area contributed by atoms with Gasteiger partial charge in [0.05, 0.1) is 25.4 Å². The van der Waals surface area contributed by atoms with Gasteiger partial charge in [0.1, 0.15) is 108 Å². The Labute approximate surface area is 364 Å². The lowest BCUT2D eigenvalue weighted by Crippen LogP contribution is -2.61. The van der Waals surface area contributed by atoms with E-state index in [-0.39, 0.29) is 0 Å². The molecule has 4 saturated heterocycles. The van der Waals surface area contributed by atoms with E-state index >= 15 is 0 Å². The summed E-state index contributed by atoms with van der Waals surface area (Å²) < 4.78 is 50.4. The molecule has 0 saturated carbocycles. The predicted molar refractivity (Wildman–Crippen MR) is 206 cm³/mol. The second kappa shape index (κ2) is 19.1. The first-order valence-electron chi connectivity index (χ1n) is 20.0. The molecule has 5 heterocycles. The lowest BCUT2D eigenvalue weighted by Gasteiger charge is -2.42. The predicted octanol–water partition coefficient (Wildman–Crippen LogP) is -5.66. The Hall–Kier alpha value is -4.27. The molecule has 26 heteroatoms. The van der Waals surface area contributed by atoms with E-state index in [1.165, 1.54) is 13.8 Å². The Morgan fingerprint density at radius 3 is 1.40 bits per heavy atom. The molecule has 65 heavy (non-hydrogen) atoms. The fourth-order valence-electron chi connectivity index (χ4n) is 7.59. The first kappa shape index (κ1) is 48.7. The van der Waals surface area contributed by atoms with Crippen LogP contribution in [0.2, 0.25) is 0 Å². The molecular formula is C39H50O26. The number of aromatic hydroxyl groups is 4. The van der Waals surface area contributed by atoms with Gasteiger partial charge >= 0.3 is 0 Å². The molecule has 20 atom stereocenters. The number of aliphatic hydroxyl groups is 12. The SMILES string of the molecule is CC1OC(OCC2OC(Oc3cc(O)c4c(=O)c(OC5OC(COC6OC(C)C(O)C(O)C6O)C(O)C(O)C5O)c(-c5cc(O)c(O)c(O)c5)oc4c3)C(O)C(O)C2O)C(O)C(O)C1O. The largest absolute Gasteiger partial charge is 0.507 e. The van der Waals surface area contributed by atoms with Gasteiger partial charge in [-0.25, -0.2) is 0 Å². The van der Waals surface area contributed by atoms with Gasteiger partial charge in [0.2, 0.25) is 23.8 Å². The van der Waals surface area contributed by atoms with Crippen LogP contribution in [0.1, 0.15) is 13.8 Å². The van der Waals surface area contributed by atoms with Crippen molar-refractivity contribution in [1.82, 2.24) is 0 Å². The van der Waals surface area contributed by atoms with Crippen LogP contribution in [-0.4, -0.2) is 218 Å². The number of rotatable bonds is 11. The third-order valence-corrected chi connectivity index (χ3v) is 11.5. The van der Waals surface area contributed by atoms with E-state index in [1.54, 1.807) is 0 Å². The Balaban J connectivity index is 1.17. The van der Waals surface area contributed by atoms with Crippen molar-refractivity contribution in [2.45, 2.75) is 137 Å². The number of phenols is 4. The van der Waals surface area contributed by atoms with Crippen LogP contribution in [0.15, 0.2) is 33.5 Å². The quantitative estimate of drug-likeness (QED) is 0.0797. The van der Waals surface area contributed by atoms with E-state index in [4.69, 9.17) is 42.3 Å². The number of ether oxygens (including phenoxy) is 8. The first-order chi connectivity index (χ1) is 30.6. The van der Waals surface area contributed by atoms with Gasteiger partial charge in [0.25, 0.3) is 0 Å².